The number of hydrogen-bond acceptors (Lipinski definition) is 4. The van der Waals surface area contributed by atoms with Crippen molar-refractivity contribution < 1.29 is 14.7 Å². The van der Waals surface area contributed by atoms with Crippen LogP contribution in [0.2, 0.25) is 0 Å². The molecule has 0 aliphatic heterocycles. The normalized spacial score (nSPS) is 16.4. The standard InChI is InChI=1S/C23H24N2O3/c1-23(2)12-20(26)19(21(27)13-23)15-24-18-10-6-9-17(11-18)22(28)25-14-16-7-4-3-5-8-16/h3-11,15,26H,12-14H2,1-2H3,(H,25,28). The Balaban J connectivity index is 1.70. The summed E-state index contributed by atoms with van der Waals surface area (Å²) in [5.41, 5.74) is 2.06. The third-order valence-corrected chi connectivity index (χ3v) is 4.64. The highest BCUT2D eigenvalue weighted by Gasteiger charge is 2.32. The molecule has 28 heavy (non-hydrogen) atoms. The summed E-state index contributed by atoms with van der Waals surface area (Å²) in [6.07, 6.45) is 2.22. The lowest BCUT2D eigenvalue weighted by molar-refractivity contribution is -0.117. The summed E-state index contributed by atoms with van der Waals surface area (Å²) in [4.78, 5) is 28.9. The molecular formula is C23H24N2O3. The molecule has 3 rings (SSSR count). The summed E-state index contributed by atoms with van der Waals surface area (Å²) >= 11 is 0. The van der Waals surface area contributed by atoms with Crippen molar-refractivity contribution in [1.29, 1.82) is 0 Å². The zero-order valence-corrected chi connectivity index (χ0v) is 16.1. The van der Waals surface area contributed by atoms with Gasteiger partial charge < -0.3 is 10.4 Å². The molecule has 0 radical (unpaired) electrons. The molecule has 0 bridgehead atoms. The number of nitrogens with zero attached hydrogens (tertiary/aromatic N) is 1. The fraction of sp³-hybridized carbons (Fsp3) is 0.261. The van der Waals surface area contributed by atoms with Gasteiger partial charge in [-0.2, -0.15) is 0 Å². The van der Waals surface area contributed by atoms with E-state index in [4.69, 9.17) is 0 Å². The van der Waals surface area contributed by atoms with Crippen LogP contribution in [0.15, 0.2) is 70.9 Å². The number of amides is 1. The van der Waals surface area contributed by atoms with Crippen LogP contribution in [0.5, 0.6) is 0 Å². The van der Waals surface area contributed by atoms with E-state index in [0.29, 0.717) is 30.6 Å². The molecule has 1 aliphatic rings. The van der Waals surface area contributed by atoms with E-state index in [-0.39, 0.29) is 28.4 Å². The Morgan fingerprint density at radius 1 is 1.14 bits per heavy atom. The molecule has 2 aromatic carbocycles. The Kier molecular flexibility index (Phi) is 5.73. The van der Waals surface area contributed by atoms with Crippen molar-refractivity contribution in [2.75, 3.05) is 0 Å². The largest absolute Gasteiger partial charge is 0.511 e. The quantitative estimate of drug-likeness (QED) is 0.753. The van der Waals surface area contributed by atoms with Crippen molar-refractivity contribution in [3.63, 3.8) is 0 Å². The average Bonchev–Trinajstić information content (AvgIpc) is 2.65. The van der Waals surface area contributed by atoms with Gasteiger partial charge in [-0.25, -0.2) is 0 Å². The highest BCUT2D eigenvalue weighted by Crippen LogP contribution is 2.35. The second kappa shape index (κ2) is 8.21. The molecule has 1 amide bonds. The first-order valence-electron chi connectivity index (χ1n) is 9.26. The third kappa shape index (κ3) is 4.94. The number of nitrogens with one attached hydrogen (secondary N) is 1. The number of ketones is 1. The summed E-state index contributed by atoms with van der Waals surface area (Å²) in [5.74, 6) is -0.241. The van der Waals surface area contributed by atoms with Crippen LogP contribution in [0.1, 0.15) is 42.6 Å². The van der Waals surface area contributed by atoms with Crippen LogP contribution >= 0.6 is 0 Å². The number of hydrogen-bond donors (Lipinski definition) is 2. The maximum absolute atomic E-state index is 12.4. The van der Waals surface area contributed by atoms with Crippen molar-refractivity contribution in [2.45, 2.75) is 33.2 Å². The van der Waals surface area contributed by atoms with E-state index in [2.05, 4.69) is 10.3 Å². The van der Waals surface area contributed by atoms with Gasteiger partial charge in [0, 0.05) is 31.2 Å². The minimum Gasteiger partial charge on any atom is -0.511 e. The first-order chi connectivity index (χ1) is 13.3. The van der Waals surface area contributed by atoms with E-state index in [9.17, 15) is 14.7 Å². The van der Waals surface area contributed by atoms with Crippen molar-refractivity contribution in [3.05, 3.63) is 77.1 Å². The Hall–Kier alpha value is -3.21. The number of carbonyl (C=O) groups excluding carboxylic acids is 2. The van der Waals surface area contributed by atoms with Crippen LogP contribution in [0, 0.1) is 5.41 Å². The first kappa shape index (κ1) is 19.5. The summed E-state index contributed by atoms with van der Waals surface area (Å²) in [5, 5.41) is 13.1. The number of benzene rings is 2. The van der Waals surface area contributed by atoms with Crippen molar-refractivity contribution in [3.8, 4) is 0 Å². The van der Waals surface area contributed by atoms with Gasteiger partial charge in [0.15, 0.2) is 5.78 Å². The lowest BCUT2D eigenvalue weighted by Gasteiger charge is -2.28. The zero-order chi connectivity index (χ0) is 20.1. The minimum absolute atomic E-state index is 0.0711. The SMILES string of the molecule is CC1(C)CC(=O)C(C=Nc2cccc(C(=O)NCc3ccccc3)c2)=C(O)C1. The Morgan fingerprint density at radius 3 is 2.61 bits per heavy atom. The van der Waals surface area contributed by atoms with Gasteiger partial charge >= 0.3 is 0 Å². The van der Waals surface area contributed by atoms with E-state index in [1.54, 1.807) is 24.3 Å². The van der Waals surface area contributed by atoms with Crippen molar-refractivity contribution in [2.24, 2.45) is 10.4 Å². The highest BCUT2D eigenvalue weighted by atomic mass is 16.3. The van der Waals surface area contributed by atoms with Gasteiger partial charge in [0.05, 0.1) is 11.3 Å². The van der Waals surface area contributed by atoms with Crippen LogP contribution < -0.4 is 5.32 Å². The molecule has 0 unspecified atom stereocenters. The van der Waals surface area contributed by atoms with Gasteiger partial charge in [0.2, 0.25) is 0 Å². The monoisotopic (exact) mass is 376 g/mol. The lowest BCUT2D eigenvalue weighted by atomic mass is 9.77. The highest BCUT2D eigenvalue weighted by molar-refractivity contribution is 6.15. The molecule has 0 spiro atoms. The average molecular weight is 376 g/mol. The topological polar surface area (TPSA) is 78.8 Å². The number of carbonyl (C=O) groups is 2. The molecule has 2 N–H and O–H groups in total. The Morgan fingerprint density at radius 2 is 1.89 bits per heavy atom. The van der Waals surface area contributed by atoms with Gasteiger partial charge in [0.1, 0.15) is 5.76 Å². The summed E-state index contributed by atoms with van der Waals surface area (Å²) in [7, 11) is 0. The van der Waals surface area contributed by atoms with Crippen LogP contribution in [0.3, 0.4) is 0 Å². The summed E-state index contributed by atoms with van der Waals surface area (Å²) in [6, 6.07) is 16.5. The van der Waals surface area contributed by atoms with Gasteiger partial charge in [-0.3, -0.25) is 14.6 Å². The predicted octanol–water partition coefficient (Wildman–Crippen LogP) is 4.52. The van der Waals surface area contributed by atoms with Crippen LogP contribution in [0.4, 0.5) is 5.69 Å². The zero-order valence-electron chi connectivity index (χ0n) is 16.1. The Bertz CT molecular complexity index is 943. The van der Waals surface area contributed by atoms with E-state index in [1.165, 1.54) is 6.21 Å². The minimum atomic E-state index is -0.241. The number of aliphatic hydroxyl groups is 1. The summed E-state index contributed by atoms with van der Waals surface area (Å²) in [6.45, 7) is 4.34. The molecule has 0 atom stereocenters. The number of rotatable bonds is 5. The number of aliphatic hydroxyl groups excluding tert-OH is 1. The molecule has 0 saturated carbocycles. The first-order valence-corrected chi connectivity index (χ1v) is 9.26. The molecule has 5 heteroatoms. The van der Waals surface area contributed by atoms with Crippen LogP contribution in [0.25, 0.3) is 0 Å². The molecule has 2 aromatic rings. The van der Waals surface area contributed by atoms with Crippen LogP contribution in [-0.4, -0.2) is 23.0 Å². The molecular weight excluding hydrogens is 352 g/mol. The fourth-order valence-corrected chi connectivity index (χ4v) is 3.20. The maximum atomic E-state index is 12.4. The van der Waals surface area contributed by atoms with E-state index in [1.807, 2.05) is 44.2 Å². The van der Waals surface area contributed by atoms with Crippen LogP contribution in [-0.2, 0) is 11.3 Å². The van der Waals surface area contributed by atoms with E-state index < -0.39 is 0 Å². The van der Waals surface area contributed by atoms with E-state index in [0.717, 1.165) is 5.56 Å². The second-order valence-electron chi connectivity index (χ2n) is 7.78. The van der Waals surface area contributed by atoms with Gasteiger partial charge in [-0.15, -0.1) is 0 Å². The molecule has 0 saturated heterocycles. The lowest BCUT2D eigenvalue weighted by Crippen LogP contribution is -2.26. The molecule has 5 nitrogen and oxygen atoms in total. The number of allylic oxidation sites excluding steroid dienone is 2. The van der Waals surface area contributed by atoms with Crippen molar-refractivity contribution >= 4 is 23.6 Å². The molecule has 144 valence electrons. The Labute approximate surface area is 164 Å². The number of aliphatic imine (C=N–C) groups is 1. The van der Waals surface area contributed by atoms with Gasteiger partial charge in [-0.1, -0.05) is 50.2 Å². The van der Waals surface area contributed by atoms with E-state index >= 15 is 0 Å². The molecule has 0 aromatic heterocycles. The smallest absolute Gasteiger partial charge is 0.251 e. The predicted molar refractivity (Wildman–Crippen MR) is 110 cm³/mol. The van der Waals surface area contributed by atoms with Crippen molar-refractivity contribution in [1.82, 2.24) is 5.32 Å². The molecule has 0 heterocycles. The number of Topliss-reactive ketones (excluding diaryl/α,β-unsaturated/α-hetero) is 1. The molecule has 1 aliphatic carbocycles. The third-order valence-electron chi connectivity index (χ3n) is 4.64. The molecule has 0 fully saturated rings. The maximum Gasteiger partial charge on any atom is 0.251 e. The summed E-state index contributed by atoms with van der Waals surface area (Å²) < 4.78 is 0. The van der Waals surface area contributed by atoms with Gasteiger partial charge in [-0.05, 0) is 29.2 Å². The van der Waals surface area contributed by atoms with Gasteiger partial charge in [0.25, 0.3) is 5.91 Å². The second-order valence-corrected chi connectivity index (χ2v) is 7.78. The fourth-order valence-electron chi connectivity index (χ4n) is 3.20.